The minimum atomic E-state index is -3.83. The summed E-state index contributed by atoms with van der Waals surface area (Å²) in [6.45, 7) is 0.328. The Morgan fingerprint density at radius 1 is 1.15 bits per heavy atom. The number of methoxy groups -OCH3 is 2. The summed E-state index contributed by atoms with van der Waals surface area (Å²) in [7, 11) is -0.761. The molecule has 27 heavy (non-hydrogen) atoms. The van der Waals surface area contributed by atoms with Gasteiger partial charge < -0.3 is 9.47 Å². The van der Waals surface area contributed by atoms with Gasteiger partial charge in [0.05, 0.1) is 29.4 Å². The number of nitro groups is 1. The van der Waals surface area contributed by atoms with Crippen molar-refractivity contribution in [2.75, 3.05) is 26.5 Å². The van der Waals surface area contributed by atoms with Crippen molar-refractivity contribution in [2.24, 2.45) is 0 Å². The summed E-state index contributed by atoms with van der Waals surface area (Å²) >= 11 is 1.48. The molecular formula is C17H18N2O6S2. The maximum atomic E-state index is 13.1. The molecule has 2 aromatic rings. The lowest BCUT2D eigenvalue weighted by molar-refractivity contribution is -0.384. The molecule has 0 radical (unpaired) electrons. The monoisotopic (exact) mass is 410 g/mol. The Labute approximate surface area is 161 Å². The molecule has 0 aromatic heterocycles. The first-order valence-corrected chi connectivity index (χ1v) is 10.5. The molecule has 2 aromatic carbocycles. The molecule has 0 spiro atoms. The van der Waals surface area contributed by atoms with Gasteiger partial charge in [-0.25, -0.2) is 8.42 Å². The van der Waals surface area contributed by atoms with Crippen LogP contribution in [0.5, 0.6) is 11.5 Å². The van der Waals surface area contributed by atoms with Crippen molar-refractivity contribution in [3.63, 3.8) is 0 Å². The summed E-state index contributed by atoms with van der Waals surface area (Å²) in [5.74, 6) is 1.79. The highest BCUT2D eigenvalue weighted by Gasteiger charge is 2.38. The van der Waals surface area contributed by atoms with Crippen LogP contribution in [0.25, 0.3) is 0 Å². The highest BCUT2D eigenvalue weighted by molar-refractivity contribution is 8.01. The van der Waals surface area contributed by atoms with E-state index in [9.17, 15) is 18.5 Å². The van der Waals surface area contributed by atoms with Crippen LogP contribution in [-0.4, -0.2) is 44.2 Å². The first-order chi connectivity index (χ1) is 12.9. The van der Waals surface area contributed by atoms with Crippen LogP contribution < -0.4 is 9.47 Å². The Kier molecular flexibility index (Phi) is 5.59. The Bertz CT molecular complexity index is 946. The summed E-state index contributed by atoms with van der Waals surface area (Å²) in [4.78, 5) is 10.3. The normalized spacial score (nSPS) is 17.6. The number of hydrogen-bond donors (Lipinski definition) is 0. The van der Waals surface area contributed by atoms with Crippen molar-refractivity contribution in [3.8, 4) is 11.5 Å². The molecule has 3 rings (SSSR count). The Morgan fingerprint density at radius 3 is 2.44 bits per heavy atom. The van der Waals surface area contributed by atoms with Crippen LogP contribution in [0, 0.1) is 10.1 Å². The van der Waals surface area contributed by atoms with E-state index in [4.69, 9.17) is 9.47 Å². The molecule has 1 fully saturated rings. The second-order valence-corrected chi connectivity index (χ2v) is 8.78. The van der Waals surface area contributed by atoms with Gasteiger partial charge in [0.15, 0.2) is 0 Å². The average molecular weight is 410 g/mol. The van der Waals surface area contributed by atoms with Crippen LogP contribution in [0.2, 0.25) is 0 Å². The Morgan fingerprint density at radius 2 is 1.85 bits per heavy atom. The van der Waals surface area contributed by atoms with Gasteiger partial charge in [0, 0.05) is 30.0 Å². The summed E-state index contributed by atoms with van der Waals surface area (Å²) in [6.07, 6.45) is 0. The van der Waals surface area contributed by atoms with Crippen LogP contribution in [0.3, 0.4) is 0 Å². The van der Waals surface area contributed by atoms with Crippen LogP contribution in [0.4, 0.5) is 5.69 Å². The lowest BCUT2D eigenvalue weighted by atomic mass is 10.2. The zero-order chi connectivity index (χ0) is 19.6. The Balaban J connectivity index is 1.99. The largest absolute Gasteiger partial charge is 0.497 e. The Hall–Kier alpha value is -2.30. The van der Waals surface area contributed by atoms with Gasteiger partial charge in [-0.2, -0.15) is 4.31 Å². The number of nitro benzene ring substituents is 1. The smallest absolute Gasteiger partial charge is 0.269 e. The van der Waals surface area contributed by atoms with E-state index >= 15 is 0 Å². The van der Waals surface area contributed by atoms with Crippen molar-refractivity contribution in [1.82, 2.24) is 4.31 Å². The quantitative estimate of drug-likeness (QED) is 0.533. The van der Waals surface area contributed by atoms with Gasteiger partial charge in [0.1, 0.15) is 11.5 Å². The standard InChI is InChI=1S/C17H18N2O6S2/c1-24-13-5-8-16(25-2)15(11-13)17-18(9-10-26-17)27(22,23)14-6-3-12(4-7-14)19(20)21/h3-8,11,17H,9-10H2,1-2H3. The van der Waals surface area contributed by atoms with Gasteiger partial charge in [-0.15, -0.1) is 11.8 Å². The number of benzene rings is 2. The molecule has 0 aliphatic carbocycles. The molecule has 8 nitrogen and oxygen atoms in total. The highest BCUT2D eigenvalue weighted by Crippen LogP contribution is 2.45. The highest BCUT2D eigenvalue weighted by atomic mass is 32.2. The first-order valence-electron chi connectivity index (χ1n) is 7.98. The van der Waals surface area contributed by atoms with Gasteiger partial charge in [0.25, 0.3) is 5.69 Å². The molecule has 10 heteroatoms. The summed E-state index contributed by atoms with van der Waals surface area (Å²) < 4.78 is 38.3. The maximum absolute atomic E-state index is 13.1. The van der Waals surface area contributed by atoms with E-state index in [2.05, 4.69) is 0 Å². The van der Waals surface area contributed by atoms with E-state index < -0.39 is 20.3 Å². The van der Waals surface area contributed by atoms with Crippen molar-refractivity contribution >= 4 is 27.5 Å². The number of thioether (sulfide) groups is 1. The van der Waals surface area contributed by atoms with Crippen molar-refractivity contribution in [2.45, 2.75) is 10.3 Å². The van der Waals surface area contributed by atoms with Crippen LogP contribution >= 0.6 is 11.8 Å². The van der Waals surface area contributed by atoms with Gasteiger partial charge in [-0.3, -0.25) is 10.1 Å². The van der Waals surface area contributed by atoms with Crippen LogP contribution in [0.15, 0.2) is 47.4 Å². The van der Waals surface area contributed by atoms with Crippen LogP contribution in [-0.2, 0) is 10.0 Å². The predicted molar refractivity (Wildman–Crippen MR) is 102 cm³/mol. The molecule has 0 N–H and O–H groups in total. The van der Waals surface area contributed by atoms with E-state index in [1.165, 1.54) is 47.4 Å². The summed E-state index contributed by atoms with van der Waals surface area (Å²) in [5.41, 5.74) is 0.542. The zero-order valence-electron chi connectivity index (χ0n) is 14.7. The van der Waals surface area contributed by atoms with Crippen molar-refractivity contribution in [3.05, 3.63) is 58.1 Å². The van der Waals surface area contributed by atoms with E-state index in [-0.39, 0.29) is 10.6 Å². The van der Waals surface area contributed by atoms with Gasteiger partial charge in [-0.05, 0) is 30.3 Å². The summed E-state index contributed by atoms with van der Waals surface area (Å²) in [6, 6.07) is 10.2. The number of hydrogen-bond acceptors (Lipinski definition) is 7. The fraction of sp³-hybridized carbons (Fsp3) is 0.294. The zero-order valence-corrected chi connectivity index (χ0v) is 16.3. The van der Waals surface area contributed by atoms with E-state index in [0.29, 0.717) is 29.4 Å². The summed E-state index contributed by atoms with van der Waals surface area (Å²) in [5, 5.41) is 10.3. The van der Waals surface area contributed by atoms with Crippen LogP contribution in [0.1, 0.15) is 10.9 Å². The van der Waals surface area contributed by atoms with E-state index in [0.717, 1.165) is 0 Å². The average Bonchev–Trinajstić information content (AvgIpc) is 3.18. The van der Waals surface area contributed by atoms with Gasteiger partial charge >= 0.3 is 0 Å². The number of sulfonamides is 1. The molecule has 0 bridgehead atoms. The number of rotatable bonds is 6. The molecule has 1 aliphatic heterocycles. The minimum Gasteiger partial charge on any atom is -0.497 e. The molecule has 0 saturated carbocycles. The molecule has 1 heterocycles. The lowest BCUT2D eigenvalue weighted by Gasteiger charge is -2.25. The van der Waals surface area contributed by atoms with E-state index in [1.54, 1.807) is 25.3 Å². The SMILES string of the molecule is COc1ccc(OC)c(C2SCCN2S(=O)(=O)c2ccc([N+](=O)[O-])cc2)c1. The topological polar surface area (TPSA) is 99.0 Å². The number of ether oxygens (including phenoxy) is 2. The predicted octanol–water partition coefficient (Wildman–Crippen LogP) is 3.05. The second kappa shape index (κ2) is 7.75. The molecule has 0 amide bonds. The lowest BCUT2D eigenvalue weighted by Crippen LogP contribution is -2.30. The molecule has 1 atom stereocenters. The number of non-ortho nitro benzene ring substituents is 1. The second-order valence-electron chi connectivity index (χ2n) is 5.70. The first kappa shape index (κ1) is 19.5. The van der Waals surface area contributed by atoms with Crippen molar-refractivity contribution < 1.29 is 22.8 Å². The molecule has 1 aliphatic rings. The van der Waals surface area contributed by atoms with Gasteiger partial charge in [0.2, 0.25) is 10.0 Å². The van der Waals surface area contributed by atoms with E-state index in [1.807, 2.05) is 0 Å². The molecule has 144 valence electrons. The molecule has 1 saturated heterocycles. The fourth-order valence-corrected chi connectivity index (χ4v) is 6.10. The van der Waals surface area contributed by atoms with Gasteiger partial charge in [-0.1, -0.05) is 0 Å². The fourth-order valence-electron chi connectivity index (χ4n) is 2.85. The minimum absolute atomic E-state index is 0.0162. The third-order valence-electron chi connectivity index (χ3n) is 4.21. The third-order valence-corrected chi connectivity index (χ3v) is 7.46. The van der Waals surface area contributed by atoms with Crippen molar-refractivity contribution in [1.29, 1.82) is 0 Å². The third kappa shape index (κ3) is 3.73. The molecular weight excluding hydrogens is 392 g/mol. The number of nitrogens with zero attached hydrogens (tertiary/aromatic N) is 2. The molecule has 1 unspecified atom stereocenters. The maximum Gasteiger partial charge on any atom is 0.269 e.